The molecule has 1 aliphatic heterocycles. The van der Waals surface area contributed by atoms with Crippen molar-refractivity contribution in [2.45, 2.75) is 45.1 Å². The van der Waals surface area contributed by atoms with Crippen LogP contribution in [0.3, 0.4) is 0 Å². The van der Waals surface area contributed by atoms with Crippen molar-refractivity contribution in [1.29, 1.82) is 0 Å². The molecule has 2 N–H and O–H groups in total. The quantitative estimate of drug-likeness (QED) is 0.583. The number of anilines is 1. The molecule has 0 saturated heterocycles. The van der Waals surface area contributed by atoms with Crippen LogP contribution in [0.15, 0.2) is 18.2 Å². The second-order valence-corrected chi connectivity index (χ2v) is 9.14. The van der Waals surface area contributed by atoms with Crippen LogP contribution in [0.25, 0.3) is 5.69 Å². The number of aryl methyl sites for hydroxylation is 2. The first-order chi connectivity index (χ1) is 13.2. The number of nitrogens with one attached hydrogen (secondary N) is 2. The van der Waals surface area contributed by atoms with Gasteiger partial charge in [0.25, 0.3) is 0 Å². The van der Waals surface area contributed by atoms with Gasteiger partial charge in [-0.05, 0) is 31.9 Å². The number of amides is 2. The maximum absolute atomic E-state index is 12.4. The lowest BCUT2D eigenvalue weighted by Crippen LogP contribution is -2.36. The Morgan fingerprint density at radius 3 is 2.61 bits per heavy atom. The summed E-state index contributed by atoms with van der Waals surface area (Å²) in [5.74, 6) is -1.74. The number of hydrogen-bond acceptors (Lipinski definition) is 5. The van der Waals surface area contributed by atoms with Crippen LogP contribution in [0.2, 0.25) is 0 Å². The number of unbranched alkanes of at least 4 members (excludes halogenated alkanes) is 1. The van der Waals surface area contributed by atoms with Crippen molar-refractivity contribution < 1.29 is 18.0 Å². The zero-order valence-electron chi connectivity index (χ0n) is 16.2. The summed E-state index contributed by atoms with van der Waals surface area (Å²) in [5, 5.41) is 9.57. The Balaban J connectivity index is 1.97. The first kappa shape index (κ1) is 20.1. The Hall–Kier alpha value is -2.68. The molecule has 0 aliphatic carbocycles. The molecule has 0 fully saturated rings. The van der Waals surface area contributed by atoms with Gasteiger partial charge in [0.05, 0.1) is 22.9 Å². The number of carbonyl (C=O) groups is 2. The summed E-state index contributed by atoms with van der Waals surface area (Å²) in [5.41, 5.74) is 3.56. The van der Waals surface area contributed by atoms with Crippen LogP contribution >= 0.6 is 0 Å². The minimum absolute atomic E-state index is 0.175. The van der Waals surface area contributed by atoms with Gasteiger partial charge in [-0.2, -0.15) is 5.10 Å². The normalized spacial score (nSPS) is 14.5. The van der Waals surface area contributed by atoms with Gasteiger partial charge in [0, 0.05) is 12.1 Å². The van der Waals surface area contributed by atoms with Crippen LogP contribution in [0.1, 0.15) is 42.1 Å². The van der Waals surface area contributed by atoms with Crippen molar-refractivity contribution in [3.63, 3.8) is 0 Å². The van der Waals surface area contributed by atoms with Gasteiger partial charge in [-0.3, -0.25) is 9.59 Å². The molecular formula is C19H24N4O4S. The van der Waals surface area contributed by atoms with E-state index >= 15 is 0 Å². The Morgan fingerprint density at radius 1 is 1.18 bits per heavy atom. The lowest BCUT2D eigenvalue weighted by Gasteiger charge is -2.13. The fourth-order valence-electron chi connectivity index (χ4n) is 3.21. The third kappa shape index (κ3) is 4.09. The average molecular weight is 404 g/mol. The molecule has 8 nitrogen and oxygen atoms in total. The van der Waals surface area contributed by atoms with Crippen LogP contribution in [0.5, 0.6) is 0 Å². The van der Waals surface area contributed by atoms with Crippen molar-refractivity contribution in [3.05, 3.63) is 40.6 Å². The maximum atomic E-state index is 12.4. The summed E-state index contributed by atoms with van der Waals surface area (Å²) in [6.45, 7) is 6.27. The molecule has 0 atom stereocenters. The predicted octanol–water partition coefficient (Wildman–Crippen LogP) is 1.77. The summed E-state index contributed by atoms with van der Waals surface area (Å²) in [6.07, 6.45) is 1.67. The largest absolute Gasteiger partial charge is 0.348 e. The molecule has 0 radical (unpaired) electrons. The van der Waals surface area contributed by atoms with E-state index in [1.165, 1.54) is 4.68 Å². The van der Waals surface area contributed by atoms with Crippen molar-refractivity contribution in [2.75, 3.05) is 11.9 Å². The number of fused-ring (bicyclic) bond motifs is 1. The van der Waals surface area contributed by atoms with Gasteiger partial charge in [-0.25, -0.2) is 13.1 Å². The Kier molecular flexibility index (Phi) is 5.55. The Labute approximate surface area is 164 Å². The van der Waals surface area contributed by atoms with Crippen molar-refractivity contribution in [2.24, 2.45) is 0 Å². The minimum Gasteiger partial charge on any atom is -0.348 e. The zero-order chi connectivity index (χ0) is 20.5. The van der Waals surface area contributed by atoms with Crippen LogP contribution < -0.4 is 10.6 Å². The van der Waals surface area contributed by atoms with Crippen LogP contribution in [0, 0.1) is 13.8 Å². The van der Waals surface area contributed by atoms with E-state index < -0.39 is 21.7 Å². The van der Waals surface area contributed by atoms with Crippen LogP contribution in [-0.2, 0) is 30.9 Å². The molecule has 1 aliphatic rings. The molecule has 150 valence electrons. The molecule has 0 bridgehead atoms. The molecule has 2 aromatic rings. The topological polar surface area (TPSA) is 110 Å². The summed E-state index contributed by atoms with van der Waals surface area (Å²) >= 11 is 0. The van der Waals surface area contributed by atoms with Gasteiger partial charge in [0.2, 0.25) is 0 Å². The molecular weight excluding hydrogens is 380 g/mol. The highest BCUT2D eigenvalue weighted by Gasteiger charge is 2.34. The van der Waals surface area contributed by atoms with E-state index in [2.05, 4.69) is 15.7 Å². The SMILES string of the molecule is CCCCNC(=O)C(=O)Nc1c2c(nn1-c1ccc(C)cc1C)CS(=O)(=O)C2. The molecule has 1 aromatic heterocycles. The first-order valence-corrected chi connectivity index (χ1v) is 11.0. The highest BCUT2D eigenvalue weighted by molar-refractivity contribution is 7.90. The van der Waals surface area contributed by atoms with Crippen molar-refractivity contribution in [3.8, 4) is 5.69 Å². The number of rotatable bonds is 5. The number of carbonyl (C=O) groups excluding carboxylic acids is 2. The van der Waals surface area contributed by atoms with Gasteiger partial charge in [-0.15, -0.1) is 0 Å². The summed E-state index contributed by atoms with van der Waals surface area (Å²) in [6, 6.07) is 5.75. The average Bonchev–Trinajstić information content (AvgIpc) is 3.07. The number of benzene rings is 1. The number of nitrogens with zero attached hydrogens (tertiary/aromatic N) is 2. The predicted molar refractivity (Wildman–Crippen MR) is 106 cm³/mol. The molecule has 0 spiro atoms. The van der Waals surface area contributed by atoms with Gasteiger partial charge < -0.3 is 10.6 Å². The minimum atomic E-state index is -3.30. The highest BCUT2D eigenvalue weighted by atomic mass is 32.2. The zero-order valence-corrected chi connectivity index (χ0v) is 17.0. The molecule has 28 heavy (non-hydrogen) atoms. The second kappa shape index (κ2) is 7.75. The number of sulfone groups is 1. The second-order valence-electron chi connectivity index (χ2n) is 7.07. The van der Waals surface area contributed by atoms with E-state index in [1.54, 1.807) is 0 Å². The summed E-state index contributed by atoms with van der Waals surface area (Å²) < 4.78 is 25.5. The Bertz CT molecular complexity index is 1040. The van der Waals surface area contributed by atoms with E-state index in [9.17, 15) is 18.0 Å². The van der Waals surface area contributed by atoms with Gasteiger partial charge >= 0.3 is 11.8 Å². The molecule has 1 aromatic carbocycles. The smallest absolute Gasteiger partial charge is 0.314 e. The molecule has 0 unspecified atom stereocenters. The van der Waals surface area contributed by atoms with E-state index in [-0.39, 0.29) is 17.3 Å². The number of hydrogen-bond donors (Lipinski definition) is 2. The van der Waals surface area contributed by atoms with Crippen molar-refractivity contribution >= 4 is 27.5 Å². The lowest BCUT2D eigenvalue weighted by molar-refractivity contribution is -0.136. The molecule has 2 amide bonds. The fourth-order valence-corrected chi connectivity index (χ4v) is 4.71. The lowest BCUT2D eigenvalue weighted by atomic mass is 10.1. The third-order valence-electron chi connectivity index (χ3n) is 4.62. The van der Waals surface area contributed by atoms with Crippen molar-refractivity contribution in [1.82, 2.24) is 15.1 Å². The number of aromatic nitrogens is 2. The third-order valence-corrected chi connectivity index (χ3v) is 6.06. The standard InChI is InChI=1S/C19H24N4O4S/c1-4-5-8-20-18(24)19(25)21-17-14-10-28(26,27)11-15(14)22-23(17)16-7-6-12(2)9-13(16)3/h6-7,9H,4-5,8,10-11H2,1-3H3,(H,20,24)(H,21,25). The fraction of sp³-hybridized carbons (Fsp3) is 0.421. The van der Waals surface area contributed by atoms with Gasteiger partial charge in [0.15, 0.2) is 9.84 Å². The van der Waals surface area contributed by atoms with Crippen LogP contribution in [-0.4, -0.2) is 36.6 Å². The monoisotopic (exact) mass is 404 g/mol. The highest BCUT2D eigenvalue weighted by Crippen LogP contribution is 2.33. The molecule has 9 heteroatoms. The van der Waals surface area contributed by atoms with Crippen LogP contribution in [0.4, 0.5) is 5.82 Å². The molecule has 0 saturated carbocycles. The maximum Gasteiger partial charge on any atom is 0.314 e. The Morgan fingerprint density at radius 2 is 1.93 bits per heavy atom. The first-order valence-electron chi connectivity index (χ1n) is 9.20. The van der Waals surface area contributed by atoms with E-state index in [0.29, 0.717) is 17.8 Å². The van der Waals surface area contributed by atoms with Gasteiger partial charge in [0.1, 0.15) is 5.82 Å². The van der Waals surface area contributed by atoms with Gasteiger partial charge in [-0.1, -0.05) is 31.0 Å². The van der Waals surface area contributed by atoms with E-state index in [4.69, 9.17) is 0 Å². The molecule has 3 rings (SSSR count). The summed E-state index contributed by atoms with van der Waals surface area (Å²) in [4.78, 5) is 24.4. The molecule has 2 heterocycles. The van der Waals surface area contributed by atoms with E-state index in [1.807, 2.05) is 39.0 Å². The summed E-state index contributed by atoms with van der Waals surface area (Å²) in [7, 11) is -3.30. The van der Waals surface area contributed by atoms with E-state index in [0.717, 1.165) is 29.7 Å².